The van der Waals surface area contributed by atoms with E-state index in [2.05, 4.69) is 15.5 Å². The van der Waals surface area contributed by atoms with Crippen molar-refractivity contribution < 1.29 is 14.3 Å². The lowest BCUT2D eigenvalue weighted by molar-refractivity contribution is -0.121. The van der Waals surface area contributed by atoms with E-state index in [4.69, 9.17) is 40.2 Å². The summed E-state index contributed by atoms with van der Waals surface area (Å²) in [6, 6.07) is 8.63. The molecule has 1 saturated heterocycles. The van der Waals surface area contributed by atoms with Crippen LogP contribution in [0.25, 0.3) is 0 Å². The van der Waals surface area contributed by atoms with Crippen LogP contribution in [0.4, 0.5) is 5.69 Å². The lowest BCUT2D eigenvalue weighted by atomic mass is 10.1. The first-order valence-electron chi connectivity index (χ1n) is 10.4. The van der Waals surface area contributed by atoms with E-state index in [9.17, 15) is 9.59 Å². The van der Waals surface area contributed by atoms with E-state index in [1.165, 1.54) is 0 Å². The van der Waals surface area contributed by atoms with Crippen molar-refractivity contribution >= 4 is 58.0 Å². The maximum absolute atomic E-state index is 12.8. The third-order valence-corrected chi connectivity index (χ3v) is 6.04. The monoisotopic (exact) mass is 508 g/mol. The summed E-state index contributed by atoms with van der Waals surface area (Å²) in [6.45, 7) is 6.52. The van der Waals surface area contributed by atoms with Gasteiger partial charge in [-0.15, -0.1) is 0 Å². The van der Waals surface area contributed by atoms with Crippen LogP contribution in [-0.2, 0) is 4.79 Å². The molecule has 1 fully saturated rings. The number of amides is 2. The van der Waals surface area contributed by atoms with Gasteiger partial charge in [-0.1, -0.05) is 29.3 Å². The average Bonchev–Trinajstić information content (AvgIpc) is 2.74. The van der Waals surface area contributed by atoms with Gasteiger partial charge in [-0.2, -0.15) is 0 Å². The summed E-state index contributed by atoms with van der Waals surface area (Å²) < 4.78 is 5.57. The molecule has 2 aromatic carbocycles. The van der Waals surface area contributed by atoms with Crippen molar-refractivity contribution in [1.29, 1.82) is 0 Å². The van der Waals surface area contributed by atoms with Crippen LogP contribution in [0.3, 0.4) is 0 Å². The Hall–Kier alpha value is -2.39. The highest BCUT2D eigenvalue weighted by Crippen LogP contribution is 2.29. The first kappa shape index (κ1) is 25.2. The Balaban J connectivity index is 1.58. The van der Waals surface area contributed by atoms with E-state index in [-0.39, 0.29) is 17.6 Å². The molecule has 0 spiro atoms. The van der Waals surface area contributed by atoms with Crippen LogP contribution in [0.2, 0.25) is 10.0 Å². The number of ether oxygens (including phenoxy) is 1. The number of aryl methyl sites for hydroxylation is 2. The fourth-order valence-corrected chi connectivity index (χ4v) is 4.25. The molecule has 0 unspecified atom stereocenters. The second-order valence-electron chi connectivity index (χ2n) is 7.97. The Morgan fingerprint density at radius 3 is 2.42 bits per heavy atom. The number of carbonyl (C=O) groups excluding carboxylic acids is 2. The standard InChI is InChI=1S/C23H26Cl2N4O3S/c1-14-10-15(2)21(18(25)11-14)32-13-20(30)27-23(33)26-19-12-16(4-5-17(19)24)22(31)29-8-6-28(3)7-9-29/h4-5,10-12H,6-9,13H2,1-3H3,(H2,26,27,30,33). The molecule has 0 atom stereocenters. The van der Waals surface area contributed by atoms with Crippen molar-refractivity contribution in [2.45, 2.75) is 13.8 Å². The zero-order valence-electron chi connectivity index (χ0n) is 18.7. The van der Waals surface area contributed by atoms with Crippen LogP contribution in [0.5, 0.6) is 5.75 Å². The van der Waals surface area contributed by atoms with E-state index in [1.54, 1.807) is 24.3 Å². The highest BCUT2D eigenvalue weighted by molar-refractivity contribution is 7.80. The molecule has 2 N–H and O–H groups in total. The molecule has 0 aromatic heterocycles. The summed E-state index contributed by atoms with van der Waals surface area (Å²) in [5.41, 5.74) is 2.76. The second-order valence-corrected chi connectivity index (χ2v) is 9.20. The van der Waals surface area contributed by atoms with Crippen LogP contribution in [0.15, 0.2) is 30.3 Å². The fourth-order valence-electron chi connectivity index (χ4n) is 3.49. The number of piperazine rings is 1. The first-order valence-corrected chi connectivity index (χ1v) is 11.6. The van der Waals surface area contributed by atoms with Crippen LogP contribution in [0.1, 0.15) is 21.5 Å². The number of benzene rings is 2. The molecule has 0 aliphatic carbocycles. The van der Waals surface area contributed by atoms with Gasteiger partial charge in [0.2, 0.25) is 0 Å². The summed E-state index contributed by atoms with van der Waals surface area (Å²) in [5.74, 6) is -0.0738. The van der Waals surface area contributed by atoms with Gasteiger partial charge in [0, 0.05) is 31.7 Å². The van der Waals surface area contributed by atoms with Crippen LogP contribution < -0.4 is 15.4 Å². The number of likely N-dealkylation sites (N-methyl/N-ethyl adjacent to an activating group) is 1. The first-order chi connectivity index (χ1) is 15.6. The number of halogens is 2. The number of carbonyl (C=O) groups is 2. The van der Waals surface area contributed by atoms with Crippen molar-refractivity contribution in [2.24, 2.45) is 0 Å². The minimum absolute atomic E-state index is 0.0430. The SMILES string of the molecule is Cc1cc(C)c(OCC(=O)NC(=S)Nc2cc(C(=O)N3CCN(C)CC3)ccc2Cl)c(Cl)c1. The molecule has 1 heterocycles. The zero-order chi connectivity index (χ0) is 24.1. The summed E-state index contributed by atoms with van der Waals surface area (Å²) >= 11 is 17.7. The van der Waals surface area contributed by atoms with Crippen molar-refractivity contribution in [3.63, 3.8) is 0 Å². The third kappa shape index (κ3) is 6.80. The molecule has 1 aliphatic heterocycles. The average molecular weight is 509 g/mol. The number of thiocarbonyl (C=S) groups is 1. The summed E-state index contributed by atoms with van der Waals surface area (Å²) in [7, 11) is 2.03. The normalized spacial score (nSPS) is 14.0. The van der Waals surface area contributed by atoms with Gasteiger partial charge < -0.3 is 19.9 Å². The molecule has 2 amide bonds. The molecule has 2 aromatic rings. The molecule has 0 bridgehead atoms. The van der Waals surface area contributed by atoms with Gasteiger partial charge in [0.25, 0.3) is 11.8 Å². The van der Waals surface area contributed by atoms with Gasteiger partial charge >= 0.3 is 0 Å². The Labute approximate surface area is 209 Å². The predicted octanol–water partition coefficient (Wildman–Crippen LogP) is 3.89. The predicted molar refractivity (Wildman–Crippen MR) is 136 cm³/mol. The summed E-state index contributed by atoms with van der Waals surface area (Å²) in [6.07, 6.45) is 0. The molecule has 33 heavy (non-hydrogen) atoms. The van der Waals surface area contributed by atoms with Crippen LogP contribution in [-0.4, -0.2) is 66.6 Å². The van der Waals surface area contributed by atoms with Gasteiger partial charge in [0.05, 0.1) is 15.7 Å². The van der Waals surface area contributed by atoms with Gasteiger partial charge in [-0.05, 0) is 68.5 Å². The van der Waals surface area contributed by atoms with Crippen molar-refractivity contribution in [3.05, 3.63) is 57.1 Å². The van der Waals surface area contributed by atoms with Gasteiger partial charge in [0.1, 0.15) is 5.75 Å². The van der Waals surface area contributed by atoms with Gasteiger partial charge in [0.15, 0.2) is 11.7 Å². The molecule has 7 nitrogen and oxygen atoms in total. The molecular weight excluding hydrogens is 483 g/mol. The molecular formula is C23H26Cl2N4O3S. The Morgan fingerprint density at radius 1 is 1.06 bits per heavy atom. The lowest BCUT2D eigenvalue weighted by Crippen LogP contribution is -2.47. The molecule has 0 radical (unpaired) electrons. The van der Waals surface area contributed by atoms with E-state index in [1.807, 2.05) is 31.9 Å². The summed E-state index contributed by atoms with van der Waals surface area (Å²) in [5, 5.41) is 6.29. The lowest BCUT2D eigenvalue weighted by Gasteiger charge is -2.32. The highest BCUT2D eigenvalue weighted by atomic mass is 35.5. The number of nitrogens with zero attached hydrogens (tertiary/aromatic N) is 2. The largest absolute Gasteiger partial charge is 0.482 e. The maximum Gasteiger partial charge on any atom is 0.264 e. The molecule has 1 aliphatic rings. The van der Waals surface area contributed by atoms with Crippen molar-refractivity contribution in [2.75, 3.05) is 45.2 Å². The van der Waals surface area contributed by atoms with Gasteiger partial charge in [-0.25, -0.2) is 0 Å². The van der Waals surface area contributed by atoms with E-state index < -0.39 is 5.91 Å². The summed E-state index contributed by atoms with van der Waals surface area (Å²) in [4.78, 5) is 29.1. The minimum Gasteiger partial charge on any atom is -0.482 e. The number of anilines is 1. The minimum atomic E-state index is -0.454. The van der Waals surface area contributed by atoms with Gasteiger partial charge in [-0.3, -0.25) is 14.9 Å². The quantitative estimate of drug-likeness (QED) is 0.596. The zero-order valence-corrected chi connectivity index (χ0v) is 21.0. The van der Waals surface area contributed by atoms with E-state index >= 15 is 0 Å². The molecule has 176 valence electrons. The van der Waals surface area contributed by atoms with Crippen molar-refractivity contribution in [1.82, 2.24) is 15.1 Å². The Kier molecular flexibility index (Phi) is 8.53. The number of hydrogen-bond donors (Lipinski definition) is 2. The highest BCUT2D eigenvalue weighted by Gasteiger charge is 2.21. The fraction of sp³-hybridized carbons (Fsp3) is 0.348. The Morgan fingerprint density at radius 2 is 1.76 bits per heavy atom. The smallest absolute Gasteiger partial charge is 0.264 e. The molecule has 10 heteroatoms. The Bertz CT molecular complexity index is 1050. The van der Waals surface area contributed by atoms with E-state index in [0.29, 0.717) is 40.1 Å². The number of hydrogen-bond acceptors (Lipinski definition) is 5. The molecule has 3 rings (SSSR count). The molecule has 0 saturated carbocycles. The van der Waals surface area contributed by atoms with Crippen LogP contribution >= 0.6 is 35.4 Å². The second kappa shape index (κ2) is 11.2. The van der Waals surface area contributed by atoms with Crippen molar-refractivity contribution in [3.8, 4) is 5.75 Å². The maximum atomic E-state index is 12.8. The topological polar surface area (TPSA) is 73.9 Å². The number of rotatable bonds is 5. The number of nitrogens with one attached hydrogen (secondary N) is 2. The van der Waals surface area contributed by atoms with E-state index in [0.717, 1.165) is 24.2 Å². The third-order valence-electron chi connectivity index (χ3n) is 5.23. The van der Waals surface area contributed by atoms with Crippen LogP contribution in [0, 0.1) is 13.8 Å².